The zero-order valence-electron chi connectivity index (χ0n) is 8.64. The molecule has 0 saturated heterocycles. The number of nitrogens with one attached hydrogen (secondary N) is 1. The van der Waals surface area contributed by atoms with Crippen LogP contribution in [0.5, 0.6) is 0 Å². The smallest absolute Gasteiger partial charge is 0.239 e. The fourth-order valence-electron chi connectivity index (χ4n) is 1.21. The van der Waals surface area contributed by atoms with Crippen molar-refractivity contribution in [1.29, 1.82) is 0 Å². The van der Waals surface area contributed by atoms with E-state index < -0.39 is 0 Å². The number of hydrogen-bond acceptors (Lipinski definition) is 2. The third-order valence-corrected chi connectivity index (χ3v) is 2.00. The average Bonchev–Trinajstić information content (AvgIpc) is 2.29. The Labute approximate surface area is 88.9 Å². The molecule has 15 heavy (non-hydrogen) atoms. The topological polar surface area (TPSA) is 49.4 Å². The minimum absolute atomic E-state index is 0.0922. The largest absolute Gasteiger partial charge is 0.358 e. The summed E-state index contributed by atoms with van der Waals surface area (Å²) in [6.45, 7) is 0.548. The van der Waals surface area contributed by atoms with Crippen LogP contribution in [0.2, 0.25) is 0 Å². The molecule has 1 aromatic carbocycles. The molecular weight excluding hydrogens is 192 g/mol. The first-order valence-corrected chi connectivity index (χ1v) is 4.70. The summed E-state index contributed by atoms with van der Waals surface area (Å²) < 4.78 is 0. The molecule has 4 heteroatoms. The van der Waals surface area contributed by atoms with Crippen LogP contribution in [-0.2, 0) is 16.1 Å². The highest BCUT2D eigenvalue weighted by molar-refractivity contribution is 5.79. The van der Waals surface area contributed by atoms with Gasteiger partial charge in [0.2, 0.25) is 12.3 Å². The monoisotopic (exact) mass is 206 g/mol. The van der Waals surface area contributed by atoms with Gasteiger partial charge in [-0.3, -0.25) is 9.59 Å². The van der Waals surface area contributed by atoms with Gasteiger partial charge in [-0.05, 0) is 5.56 Å². The Morgan fingerprint density at radius 1 is 1.40 bits per heavy atom. The van der Waals surface area contributed by atoms with E-state index in [1.807, 2.05) is 30.3 Å². The van der Waals surface area contributed by atoms with Crippen molar-refractivity contribution in [2.75, 3.05) is 13.6 Å². The first-order chi connectivity index (χ1) is 7.26. The van der Waals surface area contributed by atoms with Crippen LogP contribution in [0.4, 0.5) is 0 Å². The highest BCUT2D eigenvalue weighted by atomic mass is 16.2. The van der Waals surface area contributed by atoms with E-state index in [2.05, 4.69) is 5.32 Å². The van der Waals surface area contributed by atoms with Gasteiger partial charge in [-0.25, -0.2) is 0 Å². The highest BCUT2D eigenvalue weighted by Gasteiger charge is 2.06. The lowest BCUT2D eigenvalue weighted by atomic mass is 10.2. The van der Waals surface area contributed by atoms with Gasteiger partial charge in [-0.1, -0.05) is 30.3 Å². The summed E-state index contributed by atoms with van der Waals surface area (Å²) >= 11 is 0. The lowest BCUT2D eigenvalue weighted by molar-refractivity contribution is -0.128. The number of hydrogen-bond donors (Lipinski definition) is 1. The van der Waals surface area contributed by atoms with Crippen LogP contribution in [0.3, 0.4) is 0 Å². The zero-order valence-corrected chi connectivity index (χ0v) is 8.64. The Hall–Kier alpha value is -1.84. The van der Waals surface area contributed by atoms with Crippen molar-refractivity contribution in [3.05, 3.63) is 35.9 Å². The maximum atomic E-state index is 11.1. The van der Waals surface area contributed by atoms with Crippen molar-refractivity contribution in [3.8, 4) is 0 Å². The van der Waals surface area contributed by atoms with Gasteiger partial charge < -0.3 is 10.2 Å². The van der Waals surface area contributed by atoms with E-state index in [1.165, 1.54) is 4.90 Å². The Morgan fingerprint density at radius 2 is 2.07 bits per heavy atom. The van der Waals surface area contributed by atoms with Crippen LogP contribution in [0.25, 0.3) is 0 Å². The second-order valence-corrected chi connectivity index (χ2v) is 3.17. The molecule has 0 aromatic heterocycles. The Kier molecular flexibility index (Phi) is 4.34. The van der Waals surface area contributed by atoms with Crippen LogP contribution in [0.15, 0.2) is 30.3 Å². The number of nitrogens with zero attached hydrogens (tertiary/aromatic N) is 1. The normalized spacial score (nSPS) is 9.40. The van der Waals surface area contributed by atoms with Gasteiger partial charge in [-0.2, -0.15) is 0 Å². The lowest BCUT2D eigenvalue weighted by Crippen LogP contribution is -2.34. The summed E-state index contributed by atoms with van der Waals surface area (Å²) in [5.74, 6) is -0.168. The van der Waals surface area contributed by atoms with Gasteiger partial charge in [0.15, 0.2) is 0 Å². The van der Waals surface area contributed by atoms with E-state index >= 15 is 0 Å². The maximum Gasteiger partial charge on any atom is 0.239 e. The fourth-order valence-corrected chi connectivity index (χ4v) is 1.21. The molecule has 4 nitrogen and oxygen atoms in total. The van der Waals surface area contributed by atoms with Crippen LogP contribution in [-0.4, -0.2) is 30.8 Å². The molecule has 80 valence electrons. The summed E-state index contributed by atoms with van der Waals surface area (Å²) in [6.07, 6.45) is 0.683. The van der Waals surface area contributed by atoms with Crippen molar-refractivity contribution >= 4 is 12.3 Å². The van der Waals surface area contributed by atoms with E-state index in [0.717, 1.165) is 5.56 Å². The molecule has 0 bridgehead atoms. The fraction of sp³-hybridized carbons (Fsp3) is 0.273. The minimum Gasteiger partial charge on any atom is -0.358 e. The number of likely N-dealkylation sites (N-methyl/N-ethyl adjacent to an activating group) is 1. The highest BCUT2D eigenvalue weighted by Crippen LogP contribution is 2.01. The molecule has 0 fully saturated rings. The number of carbonyl (C=O) groups is 2. The Morgan fingerprint density at radius 3 is 2.60 bits per heavy atom. The van der Waals surface area contributed by atoms with Crippen molar-refractivity contribution in [2.24, 2.45) is 0 Å². The summed E-state index contributed by atoms with van der Waals surface area (Å²) in [5.41, 5.74) is 1.01. The van der Waals surface area contributed by atoms with Crippen LogP contribution in [0.1, 0.15) is 5.56 Å². The number of carbonyl (C=O) groups excluding carboxylic acids is 2. The van der Waals surface area contributed by atoms with E-state index in [9.17, 15) is 9.59 Å². The summed E-state index contributed by atoms with van der Waals surface area (Å²) in [5, 5.41) is 2.48. The van der Waals surface area contributed by atoms with E-state index in [4.69, 9.17) is 0 Å². The van der Waals surface area contributed by atoms with Crippen molar-refractivity contribution < 1.29 is 9.59 Å². The van der Waals surface area contributed by atoms with Crippen molar-refractivity contribution in [2.45, 2.75) is 6.54 Å². The number of amides is 2. The summed E-state index contributed by atoms with van der Waals surface area (Å²) in [6, 6.07) is 9.55. The SMILES string of the molecule is CNC(=O)CN(C=O)Cc1ccccc1. The predicted molar refractivity (Wildman–Crippen MR) is 57.0 cm³/mol. The molecule has 1 rings (SSSR count). The average molecular weight is 206 g/mol. The molecule has 0 aliphatic heterocycles. The first-order valence-electron chi connectivity index (χ1n) is 4.70. The van der Waals surface area contributed by atoms with Gasteiger partial charge in [0.25, 0.3) is 0 Å². The third-order valence-electron chi connectivity index (χ3n) is 2.00. The molecule has 0 saturated carbocycles. The van der Waals surface area contributed by atoms with Crippen molar-refractivity contribution in [3.63, 3.8) is 0 Å². The van der Waals surface area contributed by atoms with Crippen LogP contribution in [0, 0.1) is 0 Å². The van der Waals surface area contributed by atoms with Gasteiger partial charge in [0.1, 0.15) is 0 Å². The third kappa shape index (κ3) is 3.81. The molecule has 0 radical (unpaired) electrons. The molecule has 0 spiro atoms. The molecule has 2 amide bonds. The van der Waals surface area contributed by atoms with E-state index in [0.29, 0.717) is 13.0 Å². The Bertz CT molecular complexity index is 325. The van der Waals surface area contributed by atoms with E-state index in [-0.39, 0.29) is 12.5 Å². The van der Waals surface area contributed by atoms with Gasteiger partial charge in [-0.15, -0.1) is 0 Å². The summed E-state index contributed by atoms with van der Waals surface area (Å²) in [4.78, 5) is 23.2. The molecule has 1 aromatic rings. The standard InChI is InChI=1S/C11H14N2O2/c1-12-11(15)8-13(9-14)7-10-5-3-2-4-6-10/h2-6,9H,7-8H2,1H3,(H,12,15). The minimum atomic E-state index is -0.168. The maximum absolute atomic E-state index is 11.1. The van der Waals surface area contributed by atoms with Gasteiger partial charge in [0, 0.05) is 13.6 Å². The number of rotatable bonds is 5. The van der Waals surface area contributed by atoms with Crippen molar-refractivity contribution in [1.82, 2.24) is 10.2 Å². The molecular formula is C11H14N2O2. The first kappa shape index (κ1) is 11.2. The predicted octanol–water partition coefficient (Wildman–Crippen LogP) is 0.391. The lowest BCUT2D eigenvalue weighted by Gasteiger charge is -2.15. The van der Waals surface area contributed by atoms with E-state index in [1.54, 1.807) is 7.05 Å². The summed E-state index contributed by atoms with van der Waals surface area (Å²) in [7, 11) is 1.55. The molecule has 1 N–H and O–H groups in total. The Balaban J connectivity index is 2.54. The molecule has 0 unspecified atom stereocenters. The molecule has 0 aliphatic carbocycles. The quantitative estimate of drug-likeness (QED) is 0.708. The molecule has 0 heterocycles. The van der Waals surface area contributed by atoms with Crippen LogP contribution < -0.4 is 5.32 Å². The van der Waals surface area contributed by atoms with Gasteiger partial charge in [0.05, 0.1) is 6.54 Å². The second-order valence-electron chi connectivity index (χ2n) is 3.17. The number of benzene rings is 1. The van der Waals surface area contributed by atoms with Crippen LogP contribution >= 0.6 is 0 Å². The zero-order chi connectivity index (χ0) is 11.1. The second kappa shape index (κ2) is 5.80. The van der Waals surface area contributed by atoms with Gasteiger partial charge >= 0.3 is 0 Å². The molecule has 0 aliphatic rings. The molecule has 0 atom stereocenters.